The van der Waals surface area contributed by atoms with Crippen molar-refractivity contribution in [2.75, 3.05) is 19.6 Å². The molecule has 0 aromatic heterocycles. The van der Waals surface area contributed by atoms with Crippen molar-refractivity contribution in [3.8, 4) is 0 Å². The zero-order chi connectivity index (χ0) is 13.0. The van der Waals surface area contributed by atoms with Crippen molar-refractivity contribution in [3.63, 3.8) is 0 Å². The largest absolute Gasteiger partial charge is 0.350 e. The summed E-state index contributed by atoms with van der Waals surface area (Å²) in [6, 6.07) is 8.20. The lowest BCUT2D eigenvalue weighted by Gasteiger charge is -2.22. The molecule has 18 heavy (non-hydrogen) atoms. The molecular formula is C14H19IN2O. The number of halogens is 1. The third-order valence-corrected chi connectivity index (χ3v) is 4.23. The van der Waals surface area contributed by atoms with Gasteiger partial charge in [-0.05, 0) is 72.8 Å². The Kier molecular flexibility index (Phi) is 5.00. The zero-order valence-electron chi connectivity index (χ0n) is 10.7. The van der Waals surface area contributed by atoms with E-state index >= 15 is 0 Å². The molecule has 1 heterocycles. The molecule has 2 rings (SSSR count). The van der Waals surface area contributed by atoms with Gasteiger partial charge in [0.05, 0.1) is 0 Å². The first-order valence-corrected chi connectivity index (χ1v) is 7.56. The number of benzene rings is 1. The van der Waals surface area contributed by atoms with E-state index in [1.165, 1.54) is 19.4 Å². The van der Waals surface area contributed by atoms with Gasteiger partial charge in [-0.1, -0.05) is 6.92 Å². The Labute approximate surface area is 122 Å². The molecule has 1 aliphatic rings. The van der Waals surface area contributed by atoms with Gasteiger partial charge < -0.3 is 5.32 Å². The van der Waals surface area contributed by atoms with E-state index in [2.05, 4.69) is 39.7 Å². The first-order chi connectivity index (χ1) is 8.70. The fourth-order valence-electron chi connectivity index (χ4n) is 2.46. The number of likely N-dealkylation sites (N-methyl/N-ethyl adjacent to an activating group) is 1. The minimum Gasteiger partial charge on any atom is -0.350 e. The molecule has 0 saturated carbocycles. The Morgan fingerprint density at radius 2 is 2.17 bits per heavy atom. The predicted molar refractivity (Wildman–Crippen MR) is 81.8 cm³/mol. The molecule has 1 N–H and O–H groups in total. The Morgan fingerprint density at radius 3 is 2.83 bits per heavy atom. The van der Waals surface area contributed by atoms with Crippen molar-refractivity contribution in [1.82, 2.24) is 10.2 Å². The summed E-state index contributed by atoms with van der Waals surface area (Å²) in [6.07, 6.45) is 2.44. The van der Waals surface area contributed by atoms with Gasteiger partial charge in [0.1, 0.15) is 0 Å². The van der Waals surface area contributed by atoms with E-state index in [9.17, 15) is 4.79 Å². The van der Waals surface area contributed by atoms with Crippen LogP contribution in [0.15, 0.2) is 24.3 Å². The molecule has 1 aromatic rings. The number of likely N-dealkylation sites (tertiary alicyclic amines) is 1. The lowest BCUT2D eigenvalue weighted by atomic mass is 10.2. The first kappa shape index (κ1) is 13.8. The van der Waals surface area contributed by atoms with Gasteiger partial charge in [-0.3, -0.25) is 9.69 Å². The molecule has 1 saturated heterocycles. The SMILES string of the molecule is CCN1CCC[C@@H]1CNC(=O)c1ccc(I)cc1. The molecule has 0 aliphatic carbocycles. The summed E-state index contributed by atoms with van der Waals surface area (Å²) >= 11 is 2.24. The zero-order valence-corrected chi connectivity index (χ0v) is 12.8. The highest BCUT2D eigenvalue weighted by atomic mass is 127. The first-order valence-electron chi connectivity index (χ1n) is 6.48. The van der Waals surface area contributed by atoms with Crippen molar-refractivity contribution >= 4 is 28.5 Å². The normalized spacial score (nSPS) is 20.0. The van der Waals surface area contributed by atoms with Crippen molar-refractivity contribution in [1.29, 1.82) is 0 Å². The summed E-state index contributed by atoms with van der Waals surface area (Å²) in [4.78, 5) is 14.4. The van der Waals surface area contributed by atoms with Crippen LogP contribution in [0.5, 0.6) is 0 Å². The molecule has 0 spiro atoms. The van der Waals surface area contributed by atoms with Crippen LogP contribution in [0.3, 0.4) is 0 Å². The van der Waals surface area contributed by atoms with Gasteiger partial charge >= 0.3 is 0 Å². The third kappa shape index (κ3) is 3.45. The average molecular weight is 358 g/mol. The molecule has 0 unspecified atom stereocenters. The van der Waals surface area contributed by atoms with Gasteiger partial charge in [-0.2, -0.15) is 0 Å². The molecule has 4 heteroatoms. The summed E-state index contributed by atoms with van der Waals surface area (Å²) in [5.41, 5.74) is 0.747. The Morgan fingerprint density at radius 1 is 1.44 bits per heavy atom. The summed E-state index contributed by atoms with van der Waals surface area (Å²) in [7, 11) is 0. The third-order valence-electron chi connectivity index (χ3n) is 3.51. The van der Waals surface area contributed by atoms with E-state index in [0.29, 0.717) is 6.04 Å². The number of nitrogens with zero attached hydrogens (tertiary/aromatic N) is 1. The number of nitrogens with one attached hydrogen (secondary N) is 1. The number of rotatable bonds is 4. The molecule has 1 aliphatic heterocycles. The van der Waals surface area contributed by atoms with Crippen LogP contribution < -0.4 is 5.32 Å². The molecule has 1 aromatic carbocycles. The highest BCUT2D eigenvalue weighted by Gasteiger charge is 2.23. The topological polar surface area (TPSA) is 32.3 Å². The van der Waals surface area contributed by atoms with Crippen LogP contribution >= 0.6 is 22.6 Å². The van der Waals surface area contributed by atoms with Crippen molar-refractivity contribution in [3.05, 3.63) is 33.4 Å². The maximum Gasteiger partial charge on any atom is 0.251 e. The second-order valence-electron chi connectivity index (χ2n) is 4.64. The maximum absolute atomic E-state index is 12.0. The van der Waals surface area contributed by atoms with E-state index in [1.54, 1.807) is 0 Å². The summed E-state index contributed by atoms with van der Waals surface area (Å²) in [6.45, 7) is 5.18. The Balaban J connectivity index is 1.86. The fraction of sp³-hybridized carbons (Fsp3) is 0.500. The van der Waals surface area contributed by atoms with Crippen molar-refractivity contribution in [2.24, 2.45) is 0 Å². The monoisotopic (exact) mass is 358 g/mol. The average Bonchev–Trinajstić information content (AvgIpc) is 2.84. The molecule has 98 valence electrons. The number of amides is 1. The number of hydrogen-bond donors (Lipinski definition) is 1. The number of carbonyl (C=O) groups is 1. The second-order valence-corrected chi connectivity index (χ2v) is 5.89. The van der Waals surface area contributed by atoms with E-state index < -0.39 is 0 Å². The van der Waals surface area contributed by atoms with Crippen LogP contribution in [0.25, 0.3) is 0 Å². The molecule has 3 nitrogen and oxygen atoms in total. The predicted octanol–water partition coefficient (Wildman–Crippen LogP) is 2.51. The Hall–Kier alpha value is -0.620. The van der Waals surface area contributed by atoms with E-state index in [-0.39, 0.29) is 5.91 Å². The van der Waals surface area contributed by atoms with Crippen LogP contribution in [-0.2, 0) is 0 Å². The van der Waals surface area contributed by atoms with Gasteiger partial charge in [0.15, 0.2) is 0 Å². The van der Waals surface area contributed by atoms with Gasteiger partial charge in [-0.15, -0.1) is 0 Å². The molecular weight excluding hydrogens is 339 g/mol. The quantitative estimate of drug-likeness (QED) is 0.839. The molecule has 1 fully saturated rings. The van der Waals surface area contributed by atoms with Crippen LogP contribution in [0, 0.1) is 3.57 Å². The molecule has 0 radical (unpaired) electrons. The van der Waals surface area contributed by atoms with Crippen molar-refractivity contribution < 1.29 is 4.79 Å². The van der Waals surface area contributed by atoms with Crippen LogP contribution in [0.4, 0.5) is 0 Å². The minimum atomic E-state index is 0.0364. The highest BCUT2D eigenvalue weighted by molar-refractivity contribution is 14.1. The Bertz CT molecular complexity index is 405. The minimum absolute atomic E-state index is 0.0364. The smallest absolute Gasteiger partial charge is 0.251 e. The highest BCUT2D eigenvalue weighted by Crippen LogP contribution is 2.15. The summed E-state index contributed by atoms with van der Waals surface area (Å²) in [5, 5.41) is 3.04. The lowest BCUT2D eigenvalue weighted by molar-refractivity contribution is 0.0941. The molecule has 0 bridgehead atoms. The van der Waals surface area contributed by atoms with Crippen LogP contribution in [-0.4, -0.2) is 36.5 Å². The summed E-state index contributed by atoms with van der Waals surface area (Å²) < 4.78 is 1.15. The lowest BCUT2D eigenvalue weighted by Crippen LogP contribution is -2.40. The van der Waals surface area contributed by atoms with E-state index in [0.717, 1.165) is 22.2 Å². The van der Waals surface area contributed by atoms with Crippen molar-refractivity contribution in [2.45, 2.75) is 25.8 Å². The van der Waals surface area contributed by atoms with E-state index in [4.69, 9.17) is 0 Å². The number of hydrogen-bond acceptors (Lipinski definition) is 2. The van der Waals surface area contributed by atoms with Gasteiger partial charge in [0.25, 0.3) is 5.91 Å². The standard InChI is InChI=1S/C14H19IN2O/c1-2-17-9-3-4-13(17)10-16-14(18)11-5-7-12(15)8-6-11/h5-8,13H,2-4,9-10H2,1H3,(H,16,18)/t13-/m1/s1. The van der Waals surface area contributed by atoms with E-state index in [1.807, 2.05) is 24.3 Å². The molecule has 1 atom stereocenters. The maximum atomic E-state index is 12.0. The summed E-state index contributed by atoms with van der Waals surface area (Å²) in [5.74, 6) is 0.0364. The van der Waals surface area contributed by atoms with Gasteiger partial charge in [-0.25, -0.2) is 0 Å². The van der Waals surface area contributed by atoms with Gasteiger partial charge in [0, 0.05) is 21.7 Å². The fourth-order valence-corrected chi connectivity index (χ4v) is 2.82. The number of carbonyl (C=O) groups excluding carboxylic acids is 1. The second kappa shape index (κ2) is 6.52. The van der Waals surface area contributed by atoms with Gasteiger partial charge in [0.2, 0.25) is 0 Å². The molecule has 1 amide bonds. The van der Waals surface area contributed by atoms with Crippen LogP contribution in [0.2, 0.25) is 0 Å². The van der Waals surface area contributed by atoms with Crippen LogP contribution in [0.1, 0.15) is 30.1 Å².